The van der Waals surface area contributed by atoms with Gasteiger partial charge in [-0.15, -0.1) is 0 Å². The molecule has 156 valence electrons. The van der Waals surface area contributed by atoms with Gasteiger partial charge in [-0.05, 0) is 50.3 Å². The Morgan fingerprint density at radius 1 is 1.40 bits per heavy atom. The molecule has 0 spiro atoms. The van der Waals surface area contributed by atoms with E-state index < -0.39 is 0 Å². The zero-order valence-electron chi connectivity index (χ0n) is 17.4. The van der Waals surface area contributed by atoms with Crippen LogP contribution in [0.5, 0.6) is 0 Å². The molecule has 0 amide bonds. The van der Waals surface area contributed by atoms with Crippen molar-refractivity contribution < 1.29 is 9.26 Å². The first kappa shape index (κ1) is 20.3. The molecule has 0 saturated heterocycles. The van der Waals surface area contributed by atoms with Crippen LogP contribution < -0.4 is 11.1 Å². The minimum absolute atomic E-state index is 0.0166. The summed E-state index contributed by atoms with van der Waals surface area (Å²) in [6, 6.07) is 8.78. The highest BCUT2D eigenvalue weighted by molar-refractivity contribution is 5.64. The van der Waals surface area contributed by atoms with Crippen molar-refractivity contribution in [2.24, 2.45) is 5.73 Å². The van der Waals surface area contributed by atoms with Crippen LogP contribution in [0.25, 0.3) is 11.4 Å². The topological polar surface area (TPSA) is 110 Å². The van der Waals surface area contributed by atoms with Crippen LogP contribution in [-0.4, -0.2) is 29.3 Å². The molecule has 7 heteroatoms. The molecule has 0 aliphatic heterocycles. The van der Waals surface area contributed by atoms with Gasteiger partial charge >= 0.3 is 0 Å². The average molecular weight is 406 g/mol. The van der Waals surface area contributed by atoms with E-state index in [2.05, 4.69) is 27.6 Å². The second-order valence-electron chi connectivity index (χ2n) is 7.93. The van der Waals surface area contributed by atoms with Gasteiger partial charge in [0.15, 0.2) is 0 Å². The number of aromatic nitrogens is 2. The normalized spacial score (nSPS) is 20.5. The van der Waals surface area contributed by atoms with Crippen LogP contribution in [-0.2, 0) is 11.2 Å². The van der Waals surface area contributed by atoms with Crippen LogP contribution in [0.15, 0.2) is 46.2 Å². The van der Waals surface area contributed by atoms with Crippen LogP contribution >= 0.6 is 0 Å². The first-order valence-corrected chi connectivity index (χ1v) is 10.5. The van der Waals surface area contributed by atoms with Gasteiger partial charge in [-0.3, -0.25) is 0 Å². The van der Waals surface area contributed by atoms with Crippen molar-refractivity contribution in [3.63, 3.8) is 0 Å². The van der Waals surface area contributed by atoms with Crippen molar-refractivity contribution in [1.29, 1.82) is 5.26 Å². The Morgan fingerprint density at radius 2 is 2.27 bits per heavy atom. The molecule has 1 heterocycles. The van der Waals surface area contributed by atoms with Gasteiger partial charge in [-0.2, -0.15) is 10.2 Å². The van der Waals surface area contributed by atoms with Gasteiger partial charge < -0.3 is 20.3 Å². The predicted molar refractivity (Wildman–Crippen MR) is 113 cm³/mol. The molecule has 2 atom stereocenters. The van der Waals surface area contributed by atoms with Gasteiger partial charge in [0.2, 0.25) is 11.7 Å². The Hall–Kier alpha value is -2.95. The number of nitrogens with zero attached hydrogens (tertiary/aromatic N) is 3. The molecule has 3 N–H and O–H groups in total. The van der Waals surface area contributed by atoms with Gasteiger partial charge in [0.05, 0.1) is 17.6 Å². The largest absolute Gasteiger partial charge is 0.490 e. The number of ether oxygens (including phenoxy) is 1. The van der Waals surface area contributed by atoms with E-state index in [0.29, 0.717) is 42.1 Å². The summed E-state index contributed by atoms with van der Waals surface area (Å²) in [6.45, 7) is 5.31. The van der Waals surface area contributed by atoms with Gasteiger partial charge in [0.1, 0.15) is 11.8 Å². The third-order valence-corrected chi connectivity index (χ3v) is 5.48. The molecule has 0 saturated carbocycles. The SMILES string of the molecule is CC(C)OC1=CCC(c2nc(-c3cccc4c3CCC4NCCN)no2)C=C1C#N. The minimum Gasteiger partial charge on any atom is -0.490 e. The third kappa shape index (κ3) is 4.02. The summed E-state index contributed by atoms with van der Waals surface area (Å²) in [5.41, 5.74) is 9.72. The van der Waals surface area contributed by atoms with Crippen molar-refractivity contribution >= 4 is 0 Å². The summed E-state index contributed by atoms with van der Waals surface area (Å²) in [5.74, 6) is 1.61. The average Bonchev–Trinajstić information content (AvgIpc) is 3.39. The summed E-state index contributed by atoms with van der Waals surface area (Å²) in [6.07, 6.45) is 6.48. The summed E-state index contributed by atoms with van der Waals surface area (Å²) in [5, 5.41) is 17.3. The second-order valence-corrected chi connectivity index (χ2v) is 7.93. The molecular formula is C23H27N5O2. The summed E-state index contributed by atoms with van der Waals surface area (Å²) >= 11 is 0. The standard InChI is InChI=1S/C23H27N5O2/c1-14(2)29-21-9-6-15(12-16(21)13-25)23-27-22(28-30-23)19-5-3-4-18-17(19)7-8-20(18)26-11-10-24/h3-5,9,12,14-15,20,26H,6-8,10-11,24H2,1-2H3. The summed E-state index contributed by atoms with van der Waals surface area (Å²) in [4.78, 5) is 4.68. The van der Waals surface area contributed by atoms with Crippen LogP contribution in [0.1, 0.15) is 55.7 Å². The highest BCUT2D eigenvalue weighted by atomic mass is 16.5. The molecule has 0 bridgehead atoms. The van der Waals surface area contributed by atoms with E-state index in [0.717, 1.165) is 24.9 Å². The van der Waals surface area contributed by atoms with Gasteiger partial charge in [-0.25, -0.2) is 0 Å². The molecule has 4 rings (SSSR count). The van der Waals surface area contributed by atoms with Crippen LogP contribution in [0, 0.1) is 11.3 Å². The number of allylic oxidation sites excluding steroid dienone is 3. The van der Waals surface area contributed by atoms with Gasteiger partial charge in [0.25, 0.3) is 0 Å². The zero-order chi connectivity index (χ0) is 21.1. The number of nitriles is 1. The fraction of sp³-hybridized carbons (Fsp3) is 0.435. The van der Waals surface area contributed by atoms with Crippen molar-refractivity contribution in [2.75, 3.05) is 13.1 Å². The number of nitrogens with one attached hydrogen (secondary N) is 1. The third-order valence-electron chi connectivity index (χ3n) is 5.48. The van der Waals surface area contributed by atoms with E-state index in [1.54, 1.807) is 0 Å². The molecule has 2 aromatic rings. The Labute approximate surface area is 176 Å². The van der Waals surface area contributed by atoms with Crippen LogP contribution in [0.4, 0.5) is 0 Å². The number of benzene rings is 1. The fourth-order valence-electron chi connectivity index (χ4n) is 4.15. The van der Waals surface area contributed by atoms with E-state index >= 15 is 0 Å². The van der Waals surface area contributed by atoms with E-state index in [9.17, 15) is 5.26 Å². The van der Waals surface area contributed by atoms with E-state index in [-0.39, 0.29) is 12.0 Å². The van der Waals surface area contributed by atoms with Gasteiger partial charge in [-0.1, -0.05) is 29.4 Å². The maximum Gasteiger partial charge on any atom is 0.234 e. The molecule has 7 nitrogen and oxygen atoms in total. The lowest BCUT2D eigenvalue weighted by molar-refractivity contribution is 0.153. The first-order chi connectivity index (χ1) is 14.6. The predicted octanol–water partition coefficient (Wildman–Crippen LogP) is 3.52. The quantitative estimate of drug-likeness (QED) is 0.725. The van der Waals surface area contributed by atoms with Crippen molar-refractivity contribution in [1.82, 2.24) is 15.5 Å². The lowest BCUT2D eigenvalue weighted by Crippen LogP contribution is -2.25. The highest BCUT2D eigenvalue weighted by Gasteiger charge is 2.28. The van der Waals surface area contributed by atoms with Crippen molar-refractivity contribution in [3.8, 4) is 17.5 Å². The molecule has 1 aromatic carbocycles. The number of nitrogens with two attached hydrogens (primary N) is 1. The Morgan fingerprint density at radius 3 is 3.03 bits per heavy atom. The molecular weight excluding hydrogens is 378 g/mol. The van der Waals surface area contributed by atoms with Crippen molar-refractivity contribution in [3.05, 3.63) is 58.7 Å². The first-order valence-electron chi connectivity index (χ1n) is 10.5. The molecule has 0 radical (unpaired) electrons. The second kappa shape index (κ2) is 8.82. The van der Waals surface area contributed by atoms with Gasteiger partial charge in [0, 0.05) is 24.7 Å². The summed E-state index contributed by atoms with van der Waals surface area (Å²) < 4.78 is 11.3. The molecule has 1 aromatic heterocycles. The maximum absolute atomic E-state index is 9.49. The Kier molecular flexibility index (Phi) is 5.98. The van der Waals surface area contributed by atoms with E-state index in [4.69, 9.17) is 15.0 Å². The molecule has 2 aliphatic carbocycles. The zero-order valence-corrected chi connectivity index (χ0v) is 17.4. The van der Waals surface area contributed by atoms with E-state index in [1.807, 2.05) is 38.1 Å². The highest BCUT2D eigenvalue weighted by Crippen LogP contribution is 2.38. The number of fused-ring (bicyclic) bond motifs is 1. The number of hydrogen-bond acceptors (Lipinski definition) is 7. The number of rotatable bonds is 7. The maximum atomic E-state index is 9.49. The van der Waals surface area contributed by atoms with Crippen LogP contribution in [0.3, 0.4) is 0 Å². The lowest BCUT2D eigenvalue weighted by atomic mass is 9.95. The van der Waals surface area contributed by atoms with Crippen molar-refractivity contribution in [2.45, 2.75) is 51.2 Å². The lowest BCUT2D eigenvalue weighted by Gasteiger charge is -2.18. The number of hydrogen-bond donors (Lipinski definition) is 2. The molecule has 2 aliphatic rings. The fourth-order valence-corrected chi connectivity index (χ4v) is 4.15. The minimum atomic E-state index is -0.129. The molecule has 2 unspecified atom stereocenters. The Bertz CT molecular complexity index is 1010. The Balaban J connectivity index is 1.57. The summed E-state index contributed by atoms with van der Waals surface area (Å²) in [7, 11) is 0. The smallest absolute Gasteiger partial charge is 0.234 e. The van der Waals surface area contributed by atoms with Crippen LogP contribution in [0.2, 0.25) is 0 Å². The monoisotopic (exact) mass is 405 g/mol. The van der Waals surface area contributed by atoms with E-state index in [1.165, 1.54) is 11.1 Å². The molecule has 30 heavy (non-hydrogen) atoms. The molecule has 0 fully saturated rings.